The maximum absolute atomic E-state index is 12.0. The fourth-order valence-electron chi connectivity index (χ4n) is 2.46. The number of benzene rings is 1. The maximum Gasteiger partial charge on any atom is 0.275 e. The second kappa shape index (κ2) is 5.60. The van der Waals surface area contributed by atoms with E-state index < -0.39 is 0 Å². The van der Waals surface area contributed by atoms with Gasteiger partial charge in [-0.3, -0.25) is 4.79 Å². The number of hydrogen-bond acceptors (Lipinski definition) is 4. The van der Waals surface area contributed by atoms with Crippen molar-refractivity contribution in [2.75, 3.05) is 14.2 Å². The Morgan fingerprint density at radius 2 is 2.00 bits per heavy atom. The first-order chi connectivity index (χ1) is 10.2. The SMILES string of the molecule is COc1ccc(/C=C2/N=C(C3CCC3)NC2=O)cc1OC. The summed E-state index contributed by atoms with van der Waals surface area (Å²) in [6.07, 6.45) is 5.21. The second-order valence-electron chi connectivity index (χ2n) is 5.22. The smallest absolute Gasteiger partial charge is 0.275 e. The van der Waals surface area contributed by atoms with Gasteiger partial charge in [0.2, 0.25) is 0 Å². The minimum atomic E-state index is -0.133. The molecule has 21 heavy (non-hydrogen) atoms. The van der Waals surface area contributed by atoms with E-state index in [1.807, 2.05) is 18.2 Å². The standard InChI is InChI=1S/C16H18N2O3/c1-20-13-7-6-10(9-14(13)21-2)8-12-16(19)18-15(17-12)11-4-3-5-11/h6-9,11H,3-5H2,1-2H3,(H,17,18,19)/b12-8+. The fraction of sp³-hybridized carbons (Fsp3) is 0.375. The van der Waals surface area contributed by atoms with Crippen LogP contribution in [0.15, 0.2) is 28.9 Å². The van der Waals surface area contributed by atoms with Crippen LogP contribution >= 0.6 is 0 Å². The van der Waals surface area contributed by atoms with E-state index in [2.05, 4.69) is 10.3 Å². The van der Waals surface area contributed by atoms with E-state index >= 15 is 0 Å². The van der Waals surface area contributed by atoms with Crippen molar-refractivity contribution in [2.24, 2.45) is 10.9 Å². The van der Waals surface area contributed by atoms with Crippen LogP contribution in [0.25, 0.3) is 6.08 Å². The Morgan fingerprint density at radius 3 is 2.62 bits per heavy atom. The lowest BCUT2D eigenvalue weighted by atomic mass is 9.84. The van der Waals surface area contributed by atoms with E-state index in [1.165, 1.54) is 6.42 Å². The zero-order chi connectivity index (χ0) is 14.8. The molecular formula is C16H18N2O3. The molecule has 1 aromatic carbocycles. The summed E-state index contributed by atoms with van der Waals surface area (Å²) in [6, 6.07) is 5.52. The molecule has 3 rings (SSSR count). The van der Waals surface area contributed by atoms with Gasteiger partial charge in [0.25, 0.3) is 5.91 Å². The molecule has 1 saturated carbocycles. The van der Waals surface area contributed by atoms with Gasteiger partial charge in [0, 0.05) is 5.92 Å². The van der Waals surface area contributed by atoms with Crippen molar-refractivity contribution in [3.8, 4) is 11.5 Å². The topological polar surface area (TPSA) is 59.9 Å². The van der Waals surface area contributed by atoms with Gasteiger partial charge < -0.3 is 14.8 Å². The van der Waals surface area contributed by atoms with Crippen LogP contribution < -0.4 is 14.8 Å². The zero-order valence-electron chi connectivity index (χ0n) is 12.2. The summed E-state index contributed by atoms with van der Waals surface area (Å²) in [6.45, 7) is 0. The van der Waals surface area contributed by atoms with Crippen molar-refractivity contribution < 1.29 is 14.3 Å². The molecule has 1 N–H and O–H groups in total. The van der Waals surface area contributed by atoms with Crippen LogP contribution in [-0.4, -0.2) is 26.0 Å². The molecule has 5 nitrogen and oxygen atoms in total. The number of carbonyl (C=O) groups is 1. The molecule has 1 fully saturated rings. The van der Waals surface area contributed by atoms with Crippen molar-refractivity contribution in [1.29, 1.82) is 0 Å². The second-order valence-corrected chi connectivity index (χ2v) is 5.22. The largest absolute Gasteiger partial charge is 0.493 e. The summed E-state index contributed by atoms with van der Waals surface area (Å²) in [5.41, 5.74) is 1.31. The van der Waals surface area contributed by atoms with Gasteiger partial charge >= 0.3 is 0 Å². The Labute approximate surface area is 123 Å². The third-order valence-corrected chi connectivity index (χ3v) is 3.92. The van der Waals surface area contributed by atoms with Crippen LogP contribution in [-0.2, 0) is 4.79 Å². The number of methoxy groups -OCH3 is 2. The number of amidine groups is 1. The lowest BCUT2D eigenvalue weighted by Gasteiger charge is -2.24. The summed E-state index contributed by atoms with van der Waals surface area (Å²) in [7, 11) is 3.18. The molecule has 1 aromatic rings. The maximum atomic E-state index is 12.0. The predicted octanol–water partition coefficient (Wildman–Crippen LogP) is 2.37. The van der Waals surface area contributed by atoms with Crippen molar-refractivity contribution >= 4 is 17.8 Å². The Balaban J connectivity index is 1.87. The van der Waals surface area contributed by atoms with E-state index in [1.54, 1.807) is 20.3 Å². The molecule has 0 unspecified atom stereocenters. The van der Waals surface area contributed by atoms with Crippen molar-refractivity contribution in [3.05, 3.63) is 29.5 Å². The molecule has 0 spiro atoms. The lowest BCUT2D eigenvalue weighted by Crippen LogP contribution is -2.33. The summed E-state index contributed by atoms with van der Waals surface area (Å²) < 4.78 is 10.5. The average Bonchev–Trinajstić information content (AvgIpc) is 2.77. The minimum absolute atomic E-state index is 0.133. The Hall–Kier alpha value is -2.30. The van der Waals surface area contributed by atoms with E-state index in [4.69, 9.17) is 9.47 Å². The first-order valence-corrected chi connectivity index (χ1v) is 7.05. The number of aliphatic imine (C=N–C) groups is 1. The number of nitrogens with one attached hydrogen (secondary N) is 1. The molecule has 110 valence electrons. The predicted molar refractivity (Wildman–Crippen MR) is 80.4 cm³/mol. The first-order valence-electron chi connectivity index (χ1n) is 7.05. The highest BCUT2D eigenvalue weighted by atomic mass is 16.5. The van der Waals surface area contributed by atoms with Crippen LogP contribution in [0, 0.1) is 5.92 Å². The number of hydrogen-bond donors (Lipinski definition) is 1. The molecule has 1 heterocycles. The zero-order valence-corrected chi connectivity index (χ0v) is 12.2. The van der Waals surface area contributed by atoms with Crippen LogP contribution in [0.3, 0.4) is 0 Å². The van der Waals surface area contributed by atoms with E-state index in [0.29, 0.717) is 23.1 Å². The summed E-state index contributed by atoms with van der Waals surface area (Å²) in [5, 5.41) is 2.86. The summed E-state index contributed by atoms with van der Waals surface area (Å²) in [5.74, 6) is 2.40. The Kier molecular flexibility index (Phi) is 3.64. The minimum Gasteiger partial charge on any atom is -0.493 e. The molecular weight excluding hydrogens is 268 g/mol. The molecule has 2 aliphatic rings. The van der Waals surface area contributed by atoms with Gasteiger partial charge in [-0.2, -0.15) is 0 Å². The number of carbonyl (C=O) groups excluding carboxylic acids is 1. The molecule has 0 atom stereocenters. The number of nitrogens with zero attached hydrogens (tertiary/aromatic N) is 1. The molecule has 1 aliphatic heterocycles. The molecule has 0 radical (unpaired) electrons. The third kappa shape index (κ3) is 2.63. The summed E-state index contributed by atoms with van der Waals surface area (Å²) in [4.78, 5) is 16.4. The molecule has 0 aromatic heterocycles. The van der Waals surface area contributed by atoms with Gasteiger partial charge in [-0.25, -0.2) is 4.99 Å². The molecule has 0 saturated heterocycles. The van der Waals surface area contributed by atoms with Crippen LogP contribution in [0.4, 0.5) is 0 Å². The van der Waals surface area contributed by atoms with Gasteiger partial charge in [-0.1, -0.05) is 12.5 Å². The van der Waals surface area contributed by atoms with Crippen molar-refractivity contribution in [2.45, 2.75) is 19.3 Å². The number of rotatable bonds is 4. The van der Waals surface area contributed by atoms with Gasteiger partial charge in [0.1, 0.15) is 11.5 Å². The monoisotopic (exact) mass is 286 g/mol. The quantitative estimate of drug-likeness (QED) is 0.864. The highest BCUT2D eigenvalue weighted by Gasteiger charge is 2.30. The number of amides is 1. The van der Waals surface area contributed by atoms with Gasteiger partial charge in [-0.15, -0.1) is 0 Å². The highest BCUT2D eigenvalue weighted by molar-refractivity contribution is 6.15. The van der Waals surface area contributed by atoms with Crippen LogP contribution in [0.5, 0.6) is 11.5 Å². The van der Waals surface area contributed by atoms with Gasteiger partial charge in [0.15, 0.2) is 11.5 Å². The third-order valence-electron chi connectivity index (χ3n) is 3.92. The average molecular weight is 286 g/mol. The highest BCUT2D eigenvalue weighted by Crippen LogP contribution is 2.31. The van der Waals surface area contributed by atoms with E-state index in [-0.39, 0.29) is 5.91 Å². The van der Waals surface area contributed by atoms with E-state index in [0.717, 1.165) is 24.2 Å². The van der Waals surface area contributed by atoms with Crippen molar-refractivity contribution in [3.63, 3.8) is 0 Å². The van der Waals surface area contributed by atoms with Gasteiger partial charge in [-0.05, 0) is 36.6 Å². The molecule has 1 amide bonds. The lowest BCUT2D eigenvalue weighted by molar-refractivity contribution is -0.115. The normalized spacial score (nSPS) is 20.0. The van der Waals surface area contributed by atoms with E-state index in [9.17, 15) is 4.79 Å². The summed E-state index contributed by atoms with van der Waals surface area (Å²) >= 11 is 0. The molecule has 0 bridgehead atoms. The van der Waals surface area contributed by atoms with Crippen molar-refractivity contribution in [1.82, 2.24) is 5.32 Å². The molecule has 5 heteroatoms. The van der Waals surface area contributed by atoms with Gasteiger partial charge in [0.05, 0.1) is 14.2 Å². The van der Waals surface area contributed by atoms with Crippen LogP contribution in [0.2, 0.25) is 0 Å². The molecule has 1 aliphatic carbocycles. The van der Waals surface area contributed by atoms with Crippen LogP contribution in [0.1, 0.15) is 24.8 Å². The Bertz CT molecular complexity index is 630. The number of ether oxygens (including phenoxy) is 2. The first kappa shape index (κ1) is 13.7. The Morgan fingerprint density at radius 1 is 1.24 bits per heavy atom. The fourth-order valence-corrected chi connectivity index (χ4v) is 2.46.